The van der Waals surface area contributed by atoms with Gasteiger partial charge in [0.1, 0.15) is 21.8 Å². The highest BCUT2D eigenvalue weighted by atomic mass is 32.1. The molecule has 0 aliphatic heterocycles. The molecule has 0 atom stereocenters. The molecular weight excluding hydrogens is 310 g/mol. The summed E-state index contributed by atoms with van der Waals surface area (Å²) >= 11 is 5.34. The average molecular weight is 321 g/mol. The van der Waals surface area contributed by atoms with Crippen molar-refractivity contribution in [2.75, 3.05) is 0 Å². The minimum absolute atomic E-state index is 0.0312. The predicted molar refractivity (Wildman–Crippen MR) is 89.7 cm³/mol. The number of aromatic nitrogens is 2. The molecule has 5 nitrogen and oxygen atoms in total. The highest BCUT2D eigenvalue weighted by Gasteiger charge is 2.12. The van der Waals surface area contributed by atoms with Crippen LogP contribution in [0.2, 0.25) is 0 Å². The van der Waals surface area contributed by atoms with E-state index in [-0.39, 0.29) is 15.9 Å². The van der Waals surface area contributed by atoms with Crippen molar-refractivity contribution < 1.29 is 9.52 Å². The number of H-pyrrole nitrogens is 1. The Morgan fingerprint density at radius 1 is 1.09 bits per heavy atom. The van der Waals surface area contributed by atoms with Crippen molar-refractivity contribution in [3.8, 4) is 17.1 Å². The summed E-state index contributed by atoms with van der Waals surface area (Å²) in [6, 6.07) is 14.3. The maximum atomic E-state index is 10.0. The molecular formula is C17H11N3O2S. The number of fused-ring (bicyclic) bond motifs is 3. The van der Waals surface area contributed by atoms with Gasteiger partial charge in [-0.3, -0.25) is 5.41 Å². The topological polar surface area (TPSA) is 85.9 Å². The standard InChI is InChI=1S/C17H11N3O2S/c18-15-13-14(10-6-2-4-8-12(10)22-15)19-16(20-17(13)23)9-5-1-3-7-11(9)21/h1-8,18,21H,(H,19,20,23). The van der Waals surface area contributed by atoms with Crippen LogP contribution in [-0.4, -0.2) is 15.1 Å². The van der Waals surface area contributed by atoms with E-state index in [0.29, 0.717) is 27.9 Å². The molecule has 4 rings (SSSR count). The highest BCUT2D eigenvalue weighted by Crippen LogP contribution is 2.28. The third kappa shape index (κ3) is 2.11. The first-order valence-electron chi connectivity index (χ1n) is 6.94. The third-order valence-electron chi connectivity index (χ3n) is 3.68. The first-order chi connectivity index (χ1) is 11.1. The Morgan fingerprint density at radius 2 is 1.83 bits per heavy atom. The summed E-state index contributed by atoms with van der Waals surface area (Å²) in [5.74, 6) is 0.567. The van der Waals surface area contributed by atoms with E-state index in [2.05, 4.69) is 9.97 Å². The summed E-state index contributed by atoms with van der Waals surface area (Å²) in [5, 5.41) is 19.4. The Balaban J connectivity index is 2.19. The molecule has 0 fully saturated rings. The molecule has 2 aromatic heterocycles. The van der Waals surface area contributed by atoms with Gasteiger partial charge in [0.2, 0.25) is 5.55 Å². The van der Waals surface area contributed by atoms with Crippen molar-refractivity contribution in [3.63, 3.8) is 0 Å². The van der Waals surface area contributed by atoms with Crippen molar-refractivity contribution in [2.24, 2.45) is 0 Å². The molecule has 4 aromatic rings. The minimum atomic E-state index is -0.0312. The number of para-hydroxylation sites is 2. The number of hydrogen-bond acceptors (Lipinski definition) is 5. The van der Waals surface area contributed by atoms with Crippen LogP contribution in [0.25, 0.3) is 33.3 Å². The Bertz CT molecular complexity index is 1180. The van der Waals surface area contributed by atoms with E-state index in [9.17, 15) is 5.11 Å². The molecule has 6 heteroatoms. The lowest BCUT2D eigenvalue weighted by Crippen LogP contribution is -2.04. The Kier molecular flexibility index (Phi) is 2.99. The van der Waals surface area contributed by atoms with E-state index in [0.717, 1.165) is 5.39 Å². The number of aromatic amines is 1. The highest BCUT2D eigenvalue weighted by molar-refractivity contribution is 7.71. The van der Waals surface area contributed by atoms with Gasteiger partial charge in [0.05, 0.1) is 16.5 Å². The van der Waals surface area contributed by atoms with Crippen LogP contribution in [0.3, 0.4) is 0 Å². The van der Waals surface area contributed by atoms with Gasteiger partial charge in [0, 0.05) is 5.39 Å². The SMILES string of the molecule is N=c1oc2ccccc2c2[nH]c(-c3ccccc3O)nc(=S)c12. The summed E-state index contributed by atoms with van der Waals surface area (Å²) in [4.78, 5) is 7.51. The number of nitrogens with zero attached hydrogens (tertiary/aromatic N) is 1. The number of nitrogens with one attached hydrogen (secondary N) is 2. The molecule has 112 valence electrons. The van der Waals surface area contributed by atoms with Crippen LogP contribution in [0.1, 0.15) is 0 Å². The molecule has 0 spiro atoms. The zero-order valence-electron chi connectivity index (χ0n) is 11.8. The monoisotopic (exact) mass is 321 g/mol. The zero-order valence-corrected chi connectivity index (χ0v) is 12.6. The lowest BCUT2D eigenvalue weighted by atomic mass is 10.1. The first kappa shape index (κ1) is 13.7. The van der Waals surface area contributed by atoms with Crippen molar-refractivity contribution in [3.05, 3.63) is 58.7 Å². The normalized spacial score (nSPS) is 11.1. The number of benzene rings is 2. The van der Waals surface area contributed by atoms with Crippen LogP contribution >= 0.6 is 12.2 Å². The largest absolute Gasteiger partial charge is 0.507 e. The molecule has 0 saturated heterocycles. The maximum absolute atomic E-state index is 10.0. The minimum Gasteiger partial charge on any atom is -0.507 e. The Morgan fingerprint density at radius 3 is 2.65 bits per heavy atom. The van der Waals surface area contributed by atoms with Gasteiger partial charge in [-0.1, -0.05) is 36.5 Å². The number of phenols is 1. The second kappa shape index (κ2) is 5.03. The molecule has 23 heavy (non-hydrogen) atoms. The molecule has 2 aromatic carbocycles. The molecule has 2 heterocycles. The van der Waals surface area contributed by atoms with Crippen LogP contribution in [0.4, 0.5) is 0 Å². The second-order valence-corrected chi connectivity index (χ2v) is 5.47. The van der Waals surface area contributed by atoms with E-state index in [1.807, 2.05) is 24.3 Å². The molecule has 0 unspecified atom stereocenters. The fraction of sp³-hybridized carbons (Fsp3) is 0. The Hall–Kier alpha value is -2.99. The van der Waals surface area contributed by atoms with Crippen LogP contribution in [-0.2, 0) is 0 Å². The summed E-state index contributed by atoms with van der Waals surface area (Å²) < 4.78 is 5.78. The van der Waals surface area contributed by atoms with Crippen LogP contribution < -0.4 is 5.55 Å². The third-order valence-corrected chi connectivity index (χ3v) is 3.97. The van der Waals surface area contributed by atoms with Gasteiger partial charge >= 0.3 is 0 Å². The summed E-state index contributed by atoms with van der Waals surface area (Å²) in [7, 11) is 0. The average Bonchev–Trinajstić information content (AvgIpc) is 2.55. The van der Waals surface area contributed by atoms with Crippen LogP contribution in [0, 0.1) is 10.0 Å². The second-order valence-electron chi connectivity index (χ2n) is 5.09. The molecule has 0 radical (unpaired) electrons. The fourth-order valence-corrected chi connectivity index (χ4v) is 2.90. The van der Waals surface area contributed by atoms with Gasteiger partial charge in [-0.05, 0) is 24.3 Å². The van der Waals surface area contributed by atoms with Crippen molar-refractivity contribution in [2.45, 2.75) is 0 Å². The quantitative estimate of drug-likeness (QED) is 0.367. The van der Waals surface area contributed by atoms with Crippen molar-refractivity contribution >= 4 is 34.1 Å². The van der Waals surface area contributed by atoms with Crippen molar-refractivity contribution in [1.82, 2.24) is 9.97 Å². The maximum Gasteiger partial charge on any atom is 0.224 e. The smallest absolute Gasteiger partial charge is 0.224 e. The van der Waals surface area contributed by atoms with Gasteiger partial charge in [-0.15, -0.1) is 0 Å². The summed E-state index contributed by atoms with van der Waals surface area (Å²) in [6.45, 7) is 0. The number of hydrogen-bond donors (Lipinski definition) is 3. The summed E-state index contributed by atoms with van der Waals surface area (Å²) in [5.41, 5.74) is 1.79. The molecule has 3 N–H and O–H groups in total. The predicted octanol–water partition coefficient (Wildman–Crippen LogP) is 3.89. The number of aromatic hydroxyl groups is 1. The fourth-order valence-electron chi connectivity index (χ4n) is 2.61. The zero-order chi connectivity index (χ0) is 16.0. The molecule has 0 saturated carbocycles. The van der Waals surface area contributed by atoms with E-state index in [4.69, 9.17) is 22.0 Å². The van der Waals surface area contributed by atoms with Gasteiger partial charge in [0.15, 0.2) is 0 Å². The van der Waals surface area contributed by atoms with Gasteiger partial charge in [-0.25, -0.2) is 4.98 Å². The lowest BCUT2D eigenvalue weighted by Gasteiger charge is -2.08. The van der Waals surface area contributed by atoms with Crippen LogP contribution in [0.15, 0.2) is 52.9 Å². The van der Waals surface area contributed by atoms with E-state index in [1.165, 1.54) is 0 Å². The lowest BCUT2D eigenvalue weighted by molar-refractivity contribution is 0.477. The first-order valence-corrected chi connectivity index (χ1v) is 7.35. The molecule has 0 aliphatic rings. The van der Waals surface area contributed by atoms with E-state index < -0.39 is 0 Å². The molecule has 0 aliphatic carbocycles. The van der Waals surface area contributed by atoms with Gasteiger partial charge in [0.25, 0.3) is 0 Å². The number of phenolic OH excluding ortho intramolecular Hbond substituents is 1. The molecule has 0 bridgehead atoms. The van der Waals surface area contributed by atoms with Crippen molar-refractivity contribution in [1.29, 1.82) is 5.41 Å². The molecule has 0 amide bonds. The van der Waals surface area contributed by atoms with Gasteiger partial charge in [-0.2, -0.15) is 0 Å². The summed E-state index contributed by atoms with van der Waals surface area (Å²) in [6.07, 6.45) is 0. The van der Waals surface area contributed by atoms with Crippen LogP contribution in [0.5, 0.6) is 5.75 Å². The van der Waals surface area contributed by atoms with E-state index in [1.54, 1.807) is 24.3 Å². The Labute approximate surface area is 135 Å². The van der Waals surface area contributed by atoms with E-state index >= 15 is 0 Å². The van der Waals surface area contributed by atoms with Gasteiger partial charge < -0.3 is 14.5 Å². The number of rotatable bonds is 1.